The smallest absolute Gasteiger partial charge is 0.341 e. The molecule has 1 saturated carbocycles. The lowest BCUT2D eigenvalue weighted by atomic mass is 9.82. The predicted octanol–water partition coefficient (Wildman–Crippen LogP) is 3.27. The van der Waals surface area contributed by atoms with Crippen LogP contribution in [-0.4, -0.2) is 29.6 Å². The first-order valence-electron chi connectivity index (χ1n) is 9.55. The summed E-state index contributed by atoms with van der Waals surface area (Å²) in [6.45, 7) is 2.03. The molecule has 0 aliphatic heterocycles. The Morgan fingerprint density at radius 2 is 1.89 bits per heavy atom. The van der Waals surface area contributed by atoms with Crippen LogP contribution in [0.3, 0.4) is 0 Å². The number of thiophene rings is 1. The van der Waals surface area contributed by atoms with Gasteiger partial charge in [0.2, 0.25) is 5.91 Å². The van der Waals surface area contributed by atoms with Crippen molar-refractivity contribution in [3.8, 4) is 0 Å². The summed E-state index contributed by atoms with van der Waals surface area (Å²) < 4.78 is 5.22. The molecule has 1 aromatic rings. The summed E-state index contributed by atoms with van der Waals surface area (Å²) in [4.78, 5) is 38.4. The number of hydrogen-bond acceptors (Lipinski definition) is 5. The molecule has 2 bridgehead atoms. The molecule has 0 aromatic carbocycles. The van der Waals surface area contributed by atoms with Crippen LogP contribution in [0.1, 0.15) is 47.0 Å². The zero-order valence-electron chi connectivity index (χ0n) is 15.2. The minimum absolute atomic E-state index is 0.0447. The number of nitrogens with one attached hydrogen (secondary N) is 1. The van der Waals surface area contributed by atoms with E-state index in [0.29, 0.717) is 17.0 Å². The van der Waals surface area contributed by atoms with Crippen LogP contribution >= 0.6 is 11.3 Å². The van der Waals surface area contributed by atoms with Crippen molar-refractivity contribution in [2.24, 2.45) is 23.7 Å². The molecular weight excluding hydrogens is 366 g/mol. The number of fused-ring (bicyclic) bond motifs is 3. The molecule has 27 heavy (non-hydrogen) atoms. The summed E-state index contributed by atoms with van der Waals surface area (Å²) in [7, 11) is 0. The molecule has 0 spiro atoms. The molecule has 1 fully saturated rings. The number of carboxylic acids is 1. The molecule has 0 unspecified atom stereocenters. The van der Waals surface area contributed by atoms with Gasteiger partial charge in [0.25, 0.3) is 0 Å². The van der Waals surface area contributed by atoms with Crippen molar-refractivity contribution in [2.45, 2.75) is 39.0 Å². The SMILES string of the molecule is CCOC(=O)c1c(NC(=O)[C@@H]2[C@@H](C(=O)O)[C@H]3C=C[C@@H]2C3)sc2c1CCCC2. The number of allylic oxidation sites excluding steroid dienone is 2. The summed E-state index contributed by atoms with van der Waals surface area (Å²) in [5.41, 5.74) is 1.46. The first-order valence-corrected chi connectivity index (χ1v) is 10.4. The Morgan fingerprint density at radius 1 is 1.19 bits per heavy atom. The highest BCUT2D eigenvalue weighted by atomic mass is 32.1. The van der Waals surface area contributed by atoms with Gasteiger partial charge in [0.1, 0.15) is 5.00 Å². The zero-order valence-corrected chi connectivity index (χ0v) is 16.0. The third-order valence-corrected chi connectivity index (χ3v) is 7.14. The summed E-state index contributed by atoms with van der Waals surface area (Å²) >= 11 is 1.43. The number of ether oxygens (including phenoxy) is 1. The number of esters is 1. The number of carboxylic acid groups (broad SMARTS) is 1. The first-order chi connectivity index (χ1) is 13.0. The molecule has 7 heteroatoms. The second-order valence-corrected chi connectivity index (χ2v) is 8.57. The van der Waals surface area contributed by atoms with Crippen LogP contribution in [0.25, 0.3) is 0 Å². The van der Waals surface area contributed by atoms with Crippen LogP contribution in [0.4, 0.5) is 5.00 Å². The molecule has 1 heterocycles. The molecule has 6 nitrogen and oxygen atoms in total. The van der Waals surface area contributed by atoms with E-state index in [1.165, 1.54) is 11.3 Å². The van der Waals surface area contributed by atoms with Crippen LogP contribution in [0.2, 0.25) is 0 Å². The van der Waals surface area contributed by atoms with Gasteiger partial charge in [0.15, 0.2) is 0 Å². The van der Waals surface area contributed by atoms with Gasteiger partial charge in [-0.1, -0.05) is 12.2 Å². The Balaban J connectivity index is 1.63. The van der Waals surface area contributed by atoms with Crippen molar-refractivity contribution < 1.29 is 24.2 Å². The van der Waals surface area contributed by atoms with Gasteiger partial charge in [0.05, 0.1) is 24.0 Å². The van der Waals surface area contributed by atoms with Crippen molar-refractivity contribution in [3.05, 3.63) is 28.2 Å². The zero-order chi connectivity index (χ0) is 19.1. The maximum atomic E-state index is 13.0. The molecule has 4 rings (SSSR count). The normalized spacial score (nSPS) is 28.0. The van der Waals surface area contributed by atoms with E-state index >= 15 is 0 Å². The third kappa shape index (κ3) is 3.08. The lowest BCUT2D eigenvalue weighted by Crippen LogP contribution is -2.36. The van der Waals surface area contributed by atoms with Gasteiger partial charge in [-0.05, 0) is 56.4 Å². The fourth-order valence-corrected chi connectivity index (χ4v) is 6.07. The van der Waals surface area contributed by atoms with Crippen molar-refractivity contribution in [1.82, 2.24) is 0 Å². The minimum atomic E-state index is -0.928. The molecular formula is C20H23NO5S. The molecule has 1 amide bonds. The maximum Gasteiger partial charge on any atom is 0.341 e. The molecule has 3 aliphatic carbocycles. The number of carbonyl (C=O) groups is 3. The average molecular weight is 389 g/mol. The summed E-state index contributed by atoms with van der Waals surface area (Å²) in [5, 5.41) is 13.0. The van der Waals surface area contributed by atoms with Gasteiger partial charge in [-0.25, -0.2) is 4.79 Å². The standard InChI is InChI=1S/C20H23NO5S/c1-2-26-20(25)16-12-5-3-4-6-13(12)27-18(16)21-17(22)14-10-7-8-11(9-10)15(14)19(23)24/h7-8,10-11,14-15H,2-6,9H2,1H3,(H,21,22)(H,23,24)/t10-,11+,14+,15+/m1/s1. The van der Waals surface area contributed by atoms with Crippen LogP contribution in [0, 0.1) is 23.7 Å². The third-order valence-electron chi connectivity index (χ3n) is 5.93. The maximum absolute atomic E-state index is 13.0. The Labute approximate surface area is 161 Å². The monoisotopic (exact) mass is 389 g/mol. The highest BCUT2D eigenvalue weighted by molar-refractivity contribution is 7.17. The van der Waals surface area contributed by atoms with Gasteiger partial charge in [-0.2, -0.15) is 0 Å². The van der Waals surface area contributed by atoms with Crippen molar-refractivity contribution in [1.29, 1.82) is 0 Å². The topological polar surface area (TPSA) is 92.7 Å². The summed E-state index contributed by atoms with van der Waals surface area (Å²) in [6, 6.07) is 0. The van der Waals surface area contributed by atoms with Gasteiger partial charge < -0.3 is 15.2 Å². The van der Waals surface area contributed by atoms with Crippen LogP contribution in [0.15, 0.2) is 12.2 Å². The van der Waals surface area contributed by atoms with E-state index in [2.05, 4.69) is 5.32 Å². The van der Waals surface area contributed by atoms with E-state index in [1.807, 2.05) is 12.2 Å². The second-order valence-electron chi connectivity index (χ2n) is 7.46. The number of aliphatic carboxylic acids is 1. The molecule has 1 aromatic heterocycles. The molecule has 4 atom stereocenters. The van der Waals surface area contributed by atoms with Gasteiger partial charge >= 0.3 is 11.9 Å². The van der Waals surface area contributed by atoms with Crippen LogP contribution in [-0.2, 0) is 27.2 Å². The van der Waals surface area contributed by atoms with E-state index in [9.17, 15) is 19.5 Å². The number of carbonyl (C=O) groups excluding carboxylic acids is 2. The molecule has 144 valence electrons. The molecule has 3 aliphatic rings. The van der Waals surface area contributed by atoms with Crippen LogP contribution < -0.4 is 5.32 Å². The highest BCUT2D eigenvalue weighted by Gasteiger charge is 2.51. The average Bonchev–Trinajstić information content (AvgIpc) is 3.33. The van der Waals surface area contributed by atoms with Crippen molar-refractivity contribution >= 4 is 34.2 Å². The second kappa shape index (κ2) is 7.11. The largest absolute Gasteiger partial charge is 0.481 e. The van der Waals surface area contributed by atoms with Crippen LogP contribution in [0.5, 0.6) is 0 Å². The number of anilines is 1. The minimum Gasteiger partial charge on any atom is -0.481 e. The van der Waals surface area contributed by atoms with E-state index in [4.69, 9.17) is 4.74 Å². The quantitative estimate of drug-likeness (QED) is 0.596. The number of rotatable bonds is 5. The number of aryl methyl sites for hydroxylation is 1. The van der Waals surface area contributed by atoms with Crippen molar-refractivity contribution in [2.75, 3.05) is 11.9 Å². The summed E-state index contributed by atoms with van der Waals surface area (Å²) in [6.07, 6.45) is 8.38. The van der Waals surface area contributed by atoms with E-state index in [-0.39, 0.29) is 24.3 Å². The molecule has 0 saturated heterocycles. The Morgan fingerprint density at radius 3 is 2.59 bits per heavy atom. The lowest BCUT2D eigenvalue weighted by molar-refractivity contribution is -0.146. The Hall–Kier alpha value is -2.15. The van der Waals surface area contributed by atoms with Gasteiger partial charge in [-0.15, -0.1) is 11.3 Å². The van der Waals surface area contributed by atoms with Gasteiger partial charge in [0, 0.05) is 4.88 Å². The van der Waals surface area contributed by atoms with Gasteiger partial charge in [-0.3, -0.25) is 9.59 Å². The fourth-order valence-electron chi connectivity index (χ4n) is 4.78. The molecule has 0 radical (unpaired) electrons. The highest BCUT2D eigenvalue weighted by Crippen LogP contribution is 2.49. The first kappa shape index (κ1) is 18.2. The van der Waals surface area contributed by atoms with E-state index in [1.54, 1.807) is 6.92 Å². The number of amides is 1. The lowest BCUT2D eigenvalue weighted by Gasteiger charge is -2.23. The molecule has 2 N–H and O–H groups in total. The fraction of sp³-hybridized carbons (Fsp3) is 0.550. The van der Waals surface area contributed by atoms with Crippen molar-refractivity contribution in [3.63, 3.8) is 0 Å². The van der Waals surface area contributed by atoms with E-state index < -0.39 is 23.8 Å². The Kier molecular flexibility index (Phi) is 4.80. The number of hydrogen-bond donors (Lipinski definition) is 2. The van der Waals surface area contributed by atoms with E-state index in [0.717, 1.165) is 36.1 Å². The Bertz CT molecular complexity index is 827. The summed E-state index contributed by atoms with van der Waals surface area (Å²) in [5.74, 6) is -3.05. The predicted molar refractivity (Wildman–Crippen MR) is 101 cm³/mol.